The summed E-state index contributed by atoms with van der Waals surface area (Å²) in [6, 6.07) is 0. The summed E-state index contributed by atoms with van der Waals surface area (Å²) in [5.41, 5.74) is 0. The van der Waals surface area contributed by atoms with E-state index in [0.29, 0.717) is 18.7 Å². The molecule has 0 bridgehead atoms. The highest BCUT2D eigenvalue weighted by molar-refractivity contribution is 7.90. The van der Waals surface area contributed by atoms with E-state index < -0.39 is 25.3 Å². The second-order valence-electron chi connectivity index (χ2n) is 4.95. The maximum absolute atomic E-state index is 12.4. The van der Waals surface area contributed by atoms with Gasteiger partial charge in [-0.3, -0.25) is 0 Å². The van der Waals surface area contributed by atoms with Crippen LogP contribution in [0.3, 0.4) is 0 Å². The van der Waals surface area contributed by atoms with Gasteiger partial charge in [-0.05, 0) is 19.8 Å². The molecule has 0 saturated carbocycles. The molecule has 114 valence electrons. The van der Waals surface area contributed by atoms with E-state index in [9.17, 15) is 16.8 Å². The van der Waals surface area contributed by atoms with Crippen LogP contribution < -0.4 is 5.14 Å². The van der Waals surface area contributed by atoms with Crippen LogP contribution in [0.1, 0.15) is 18.7 Å². The highest BCUT2D eigenvalue weighted by atomic mass is 32.2. The zero-order valence-corrected chi connectivity index (χ0v) is 13.0. The summed E-state index contributed by atoms with van der Waals surface area (Å²) in [7, 11) is -5.81. The number of aryl methyl sites for hydroxylation is 2. The van der Waals surface area contributed by atoms with Crippen LogP contribution in [-0.2, 0) is 27.1 Å². The molecule has 1 aliphatic rings. The third-order valence-corrected chi connectivity index (χ3v) is 6.55. The van der Waals surface area contributed by atoms with Crippen molar-refractivity contribution < 1.29 is 16.8 Å². The van der Waals surface area contributed by atoms with Gasteiger partial charge in [-0.2, -0.15) is 4.31 Å². The average molecular weight is 322 g/mol. The van der Waals surface area contributed by atoms with Crippen molar-refractivity contribution in [1.82, 2.24) is 13.9 Å². The first kappa shape index (κ1) is 15.4. The van der Waals surface area contributed by atoms with Gasteiger partial charge in [0.15, 0.2) is 5.03 Å². The van der Waals surface area contributed by atoms with E-state index in [-0.39, 0.29) is 18.1 Å². The Hall–Kier alpha value is -0.970. The molecule has 2 N–H and O–H groups in total. The monoisotopic (exact) mass is 322 g/mol. The van der Waals surface area contributed by atoms with Crippen molar-refractivity contribution in [3.05, 3.63) is 12.0 Å². The molecule has 10 heteroatoms. The Balaban J connectivity index is 2.30. The summed E-state index contributed by atoms with van der Waals surface area (Å²) in [4.78, 5) is 4.00. The molecule has 1 atom stereocenters. The second-order valence-corrected chi connectivity index (χ2v) is 8.68. The molecule has 2 rings (SSSR count). The molecular weight excluding hydrogens is 304 g/mol. The summed E-state index contributed by atoms with van der Waals surface area (Å²) in [6.45, 7) is 1.86. The van der Waals surface area contributed by atoms with Gasteiger partial charge < -0.3 is 4.57 Å². The number of imidazole rings is 1. The number of hydrogen-bond donors (Lipinski definition) is 1. The van der Waals surface area contributed by atoms with Crippen LogP contribution >= 0.6 is 0 Å². The van der Waals surface area contributed by atoms with Crippen molar-refractivity contribution >= 4 is 20.0 Å². The van der Waals surface area contributed by atoms with Crippen LogP contribution in [-0.4, -0.2) is 49.0 Å². The fraction of sp³-hybridized carbons (Fsp3) is 0.700. The first-order valence-corrected chi connectivity index (χ1v) is 9.19. The third-order valence-electron chi connectivity index (χ3n) is 3.50. The van der Waals surface area contributed by atoms with Crippen molar-refractivity contribution in [2.24, 2.45) is 12.2 Å². The molecule has 0 amide bonds. The van der Waals surface area contributed by atoms with Gasteiger partial charge >= 0.3 is 0 Å². The fourth-order valence-corrected chi connectivity index (χ4v) is 4.70. The van der Waals surface area contributed by atoms with E-state index in [4.69, 9.17) is 5.14 Å². The molecule has 0 aromatic carbocycles. The summed E-state index contributed by atoms with van der Waals surface area (Å²) < 4.78 is 50.4. The van der Waals surface area contributed by atoms with E-state index in [2.05, 4.69) is 4.98 Å². The molecule has 0 radical (unpaired) electrons. The van der Waals surface area contributed by atoms with Crippen LogP contribution in [0.4, 0.5) is 0 Å². The molecule has 0 spiro atoms. The van der Waals surface area contributed by atoms with Crippen molar-refractivity contribution in [3.8, 4) is 0 Å². The average Bonchev–Trinajstić information content (AvgIpc) is 2.69. The minimum atomic E-state index is -3.78. The highest BCUT2D eigenvalue weighted by Gasteiger charge is 2.35. The summed E-state index contributed by atoms with van der Waals surface area (Å²) in [5.74, 6) is 0.573. The van der Waals surface area contributed by atoms with Gasteiger partial charge in [-0.15, -0.1) is 0 Å². The molecule has 1 unspecified atom stereocenters. The number of aromatic nitrogens is 2. The van der Waals surface area contributed by atoms with Crippen LogP contribution in [0.15, 0.2) is 11.2 Å². The third kappa shape index (κ3) is 2.87. The second kappa shape index (κ2) is 5.10. The van der Waals surface area contributed by atoms with Crippen LogP contribution in [0.2, 0.25) is 0 Å². The lowest BCUT2D eigenvalue weighted by atomic mass is 10.2. The van der Waals surface area contributed by atoms with Crippen LogP contribution in [0.5, 0.6) is 0 Å². The minimum Gasteiger partial charge on any atom is -0.337 e. The quantitative estimate of drug-likeness (QED) is 0.780. The molecule has 0 aliphatic carbocycles. The van der Waals surface area contributed by atoms with E-state index in [1.807, 2.05) is 0 Å². The maximum Gasteiger partial charge on any atom is 0.262 e. The first-order valence-electron chi connectivity index (χ1n) is 6.14. The van der Waals surface area contributed by atoms with Crippen molar-refractivity contribution in [2.75, 3.05) is 13.1 Å². The Bertz CT molecular complexity index is 688. The first-order chi connectivity index (χ1) is 9.12. The minimum absolute atomic E-state index is 0.0624. The van der Waals surface area contributed by atoms with Gasteiger partial charge in [-0.25, -0.2) is 27.0 Å². The smallest absolute Gasteiger partial charge is 0.262 e. The number of nitrogens with zero attached hydrogens (tertiary/aromatic N) is 3. The van der Waals surface area contributed by atoms with Gasteiger partial charge in [0.05, 0.1) is 5.25 Å². The topological polar surface area (TPSA) is 115 Å². The molecule has 1 aromatic heterocycles. The van der Waals surface area contributed by atoms with Gasteiger partial charge in [0.2, 0.25) is 10.0 Å². The van der Waals surface area contributed by atoms with Crippen LogP contribution in [0.25, 0.3) is 0 Å². The number of rotatable bonds is 3. The molecule has 1 aliphatic heterocycles. The van der Waals surface area contributed by atoms with Gasteiger partial charge in [0, 0.05) is 26.3 Å². The summed E-state index contributed by atoms with van der Waals surface area (Å²) >= 11 is 0. The number of nitrogens with two attached hydrogens (primary N) is 1. The van der Waals surface area contributed by atoms with Gasteiger partial charge in [0.1, 0.15) is 5.82 Å². The lowest BCUT2D eigenvalue weighted by molar-refractivity contribution is 0.345. The molecule has 1 saturated heterocycles. The molecular formula is C10H18N4O4S2. The Labute approximate surface area is 118 Å². The van der Waals surface area contributed by atoms with Gasteiger partial charge in [0.25, 0.3) is 10.0 Å². The fourth-order valence-electron chi connectivity index (χ4n) is 2.17. The number of piperidine rings is 1. The Kier molecular flexibility index (Phi) is 3.93. The number of sulfonamides is 2. The molecule has 8 nitrogen and oxygen atoms in total. The zero-order chi connectivity index (χ0) is 15.1. The Morgan fingerprint density at radius 1 is 1.35 bits per heavy atom. The van der Waals surface area contributed by atoms with E-state index in [1.165, 1.54) is 6.20 Å². The van der Waals surface area contributed by atoms with Gasteiger partial charge in [-0.1, -0.05) is 0 Å². The number of hydrogen-bond acceptors (Lipinski definition) is 5. The molecule has 1 fully saturated rings. The van der Waals surface area contributed by atoms with E-state index in [1.54, 1.807) is 18.5 Å². The Morgan fingerprint density at radius 3 is 2.50 bits per heavy atom. The largest absolute Gasteiger partial charge is 0.337 e. The summed E-state index contributed by atoms with van der Waals surface area (Å²) in [6.07, 6.45) is 2.27. The SMILES string of the molecule is Cc1nc(S(=O)(=O)N2CCCC(S(N)(=O)=O)C2)cn1C. The molecule has 2 heterocycles. The van der Waals surface area contributed by atoms with E-state index >= 15 is 0 Å². The standard InChI is InChI=1S/C10H18N4O4S2/c1-8-12-10(7-13(8)2)20(17,18)14-5-3-4-9(6-14)19(11,15)16/h7,9H,3-6H2,1-2H3,(H2,11,15,16). The Morgan fingerprint density at radius 2 is 2.00 bits per heavy atom. The highest BCUT2D eigenvalue weighted by Crippen LogP contribution is 2.22. The maximum atomic E-state index is 12.4. The predicted molar refractivity (Wildman–Crippen MR) is 72.8 cm³/mol. The van der Waals surface area contributed by atoms with Crippen LogP contribution in [0, 0.1) is 6.92 Å². The van der Waals surface area contributed by atoms with Crippen molar-refractivity contribution in [3.63, 3.8) is 0 Å². The lowest BCUT2D eigenvalue weighted by Gasteiger charge is -2.29. The van der Waals surface area contributed by atoms with Crippen molar-refractivity contribution in [1.29, 1.82) is 0 Å². The normalized spacial score (nSPS) is 22.1. The molecule has 20 heavy (non-hydrogen) atoms. The molecule has 1 aromatic rings. The lowest BCUT2D eigenvalue weighted by Crippen LogP contribution is -2.47. The van der Waals surface area contributed by atoms with E-state index in [0.717, 1.165) is 4.31 Å². The van der Waals surface area contributed by atoms with Crippen molar-refractivity contribution in [2.45, 2.75) is 30.0 Å². The number of primary sulfonamides is 1. The predicted octanol–water partition coefficient (Wildman–Crippen LogP) is -0.830. The zero-order valence-electron chi connectivity index (χ0n) is 11.4. The summed E-state index contributed by atoms with van der Waals surface area (Å²) in [5, 5.41) is 4.20.